The molecule has 0 fully saturated rings. The van der Waals surface area contributed by atoms with Crippen molar-refractivity contribution >= 4 is 46.6 Å². The molecular weight excluding hydrogens is 869 g/mol. The number of anilines is 3. The highest BCUT2D eigenvalue weighted by molar-refractivity contribution is 6.15. The first-order valence-electron chi connectivity index (χ1n) is 24.6. The lowest BCUT2D eigenvalue weighted by Gasteiger charge is -2.26. The van der Waals surface area contributed by atoms with Crippen LogP contribution in [0.4, 0.5) is 22.7 Å². The van der Waals surface area contributed by atoms with Crippen molar-refractivity contribution in [1.82, 2.24) is 0 Å². The fourth-order valence-electron chi connectivity index (χ4n) is 10.1. The number of rotatable bonds is 21. The van der Waals surface area contributed by atoms with Gasteiger partial charge in [-0.25, -0.2) is 0 Å². The van der Waals surface area contributed by atoms with Gasteiger partial charge in [0.25, 0.3) is 11.8 Å². The van der Waals surface area contributed by atoms with E-state index >= 15 is 0 Å². The number of amides is 2. The Morgan fingerprint density at radius 3 is 2.14 bits per heavy atom. The quantitative estimate of drug-likeness (QED) is 0.0663. The van der Waals surface area contributed by atoms with Gasteiger partial charge in [0.2, 0.25) is 0 Å². The van der Waals surface area contributed by atoms with E-state index in [2.05, 4.69) is 54.3 Å². The molecule has 12 nitrogen and oxygen atoms in total. The van der Waals surface area contributed by atoms with Crippen LogP contribution in [-0.4, -0.2) is 82.5 Å². The number of aryl methyl sites for hydroxylation is 2. The van der Waals surface area contributed by atoms with Crippen LogP contribution < -0.4 is 28.9 Å². The van der Waals surface area contributed by atoms with Crippen molar-refractivity contribution in [3.05, 3.63) is 136 Å². The number of hydrogen-bond acceptors (Lipinski definition) is 10. The average molecular weight is 933 g/mol. The zero-order valence-electron chi connectivity index (χ0n) is 40.6. The lowest BCUT2D eigenvalue weighted by Crippen LogP contribution is -2.37. The predicted octanol–water partition coefficient (Wildman–Crippen LogP) is 10.2. The molecule has 0 bridgehead atoms. The van der Waals surface area contributed by atoms with Gasteiger partial charge in [0.15, 0.2) is 11.5 Å². The van der Waals surface area contributed by atoms with Gasteiger partial charge in [0, 0.05) is 79.4 Å². The minimum atomic E-state index is -0.180. The van der Waals surface area contributed by atoms with E-state index < -0.39 is 0 Å². The number of aliphatic imine (C=N–C) groups is 1. The maximum absolute atomic E-state index is 14.2. The third kappa shape index (κ3) is 10.4. The lowest BCUT2D eigenvalue weighted by molar-refractivity contribution is -0.121. The molecule has 4 aliphatic heterocycles. The first kappa shape index (κ1) is 47.6. The molecule has 2 amide bonds. The van der Waals surface area contributed by atoms with E-state index in [9.17, 15) is 14.4 Å². The monoisotopic (exact) mass is 932 g/mol. The first-order valence-corrected chi connectivity index (χ1v) is 24.6. The zero-order valence-corrected chi connectivity index (χ0v) is 40.6. The van der Waals surface area contributed by atoms with Crippen molar-refractivity contribution in [2.45, 2.75) is 97.9 Å². The van der Waals surface area contributed by atoms with Crippen molar-refractivity contribution in [3.63, 3.8) is 0 Å². The highest BCUT2D eigenvalue weighted by Gasteiger charge is 2.38. The maximum atomic E-state index is 14.2. The molecule has 0 N–H and O–H groups in total. The third-order valence-corrected chi connectivity index (χ3v) is 13.7. The summed E-state index contributed by atoms with van der Waals surface area (Å²) in [5.74, 6) is 1.77. The van der Waals surface area contributed by atoms with Crippen LogP contribution in [0, 0.1) is 12.8 Å². The van der Waals surface area contributed by atoms with Gasteiger partial charge in [0.05, 0.1) is 44.2 Å². The largest absolute Gasteiger partial charge is 0.493 e. The number of fused-ring (bicyclic) bond motifs is 8. The number of benzene rings is 5. The summed E-state index contributed by atoms with van der Waals surface area (Å²) in [4.78, 5) is 52.0. The number of ketones is 1. The molecule has 9 rings (SSSR count). The van der Waals surface area contributed by atoms with Crippen LogP contribution in [0.25, 0.3) is 0 Å². The number of methoxy groups -OCH3 is 1. The van der Waals surface area contributed by atoms with Crippen molar-refractivity contribution in [3.8, 4) is 17.2 Å². The summed E-state index contributed by atoms with van der Waals surface area (Å²) in [6.45, 7) is 11.9. The predicted molar refractivity (Wildman–Crippen MR) is 270 cm³/mol. The van der Waals surface area contributed by atoms with Gasteiger partial charge in [-0.3, -0.25) is 24.3 Å². The molecule has 0 aromatic heterocycles. The molecular formula is C57H64N4O8. The van der Waals surface area contributed by atoms with Gasteiger partial charge in [-0.1, -0.05) is 57.2 Å². The fourth-order valence-corrected chi connectivity index (χ4v) is 10.1. The number of para-hydroxylation sites is 2. The summed E-state index contributed by atoms with van der Waals surface area (Å²) in [5, 5.41) is 0. The van der Waals surface area contributed by atoms with E-state index in [1.165, 1.54) is 5.56 Å². The van der Waals surface area contributed by atoms with Gasteiger partial charge in [0.1, 0.15) is 24.7 Å². The van der Waals surface area contributed by atoms with Gasteiger partial charge < -0.3 is 33.5 Å². The summed E-state index contributed by atoms with van der Waals surface area (Å²) in [6, 6.07) is 30.1. The van der Waals surface area contributed by atoms with Crippen LogP contribution in [0.2, 0.25) is 0 Å². The fraction of sp³-hybridized carbons (Fsp3) is 0.404. The Kier molecular flexibility index (Phi) is 14.8. The summed E-state index contributed by atoms with van der Waals surface area (Å²) in [5.41, 5.74) is 10.6. The van der Waals surface area contributed by atoms with E-state index in [1.54, 1.807) is 19.2 Å². The van der Waals surface area contributed by atoms with E-state index in [1.807, 2.05) is 73.2 Å². The second kappa shape index (κ2) is 21.4. The smallest absolute Gasteiger partial charge is 0.261 e. The van der Waals surface area contributed by atoms with E-state index in [0.29, 0.717) is 81.5 Å². The third-order valence-electron chi connectivity index (χ3n) is 13.7. The highest BCUT2D eigenvalue weighted by atomic mass is 16.5. The molecule has 0 spiro atoms. The second-order valence-electron chi connectivity index (χ2n) is 18.9. The number of carbonyl (C=O) groups excluding carboxylic acids is 3. The number of ether oxygens (including phenoxy) is 5. The van der Waals surface area contributed by atoms with Crippen molar-refractivity contribution in [1.29, 1.82) is 0 Å². The molecule has 5 aromatic carbocycles. The molecule has 2 unspecified atom stereocenters. The Labute approximate surface area is 406 Å². The molecule has 0 radical (unpaired) electrons. The van der Waals surface area contributed by atoms with Gasteiger partial charge in [-0.15, -0.1) is 0 Å². The Bertz CT molecular complexity index is 2730. The lowest BCUT2D eigenvalue weighted by atomic mass is 9.98. The van der Waals surface area contributed by atoms with Crippen LogP contribution in [0.5, 0.6) is 17.2 Å². The summed E-state index contributed by atoms with van der Waals surface area (Å²) in [7, 11) is 1.58. The molecule has 4 aliphatic rings. The zero-order chi connectivity index (χ0) is 48.0. The SMILES string of the molecule is CCCOCCOCCN(CCCC(=O)C(C)C)c1cc(COc2cc3c(cc2C)C(=O)N2c4ccccc4CC2CC3)cc(COc2cc3c(cc2OC)C(=O)N2c4ccccc4CC2C=N3)c1. The van der Waals surface area contributed by atoms with Crippen LogP contribution in [0.1, 0.15) is 101 Å². The molecule has 12 heteroatoms. The first-order chi connectivity index (χ1) is 33.6. The summed E-state index contributed by atoms with van der Waals surface area (Å²) in [6.07, 6.45) is 7.21. The summed E-state index contributed by atoms with van der Waals surface area (Å²) >= 11 is 0. The maximum Gasteiger partial charge on any atom is 0.261 e. The van der Waals surface area contributed by atoms with Gasteiger partial charge in [-0.2, -0.15) is 0 Å². The van der Waals surface area contributed by atoms with Crippen LogP contribution in [0.3, 0.4) is 0 Å². The summed E-state index contributed by atoms with van der Waals surface area (Å²) < 4.78 is 30.9. The molecule has 0 saturated carbocycles. The Hall–Kier alpha value is -6.50. The van der Waals surface area contributed by atoms with Crippen LogP contribution >= 0.6 is 0 Å². The average Bonchev–Trinajstić information content (AvgIpc) is 3.85. The van der Waals surface area contributed by atoms with E-state index in [0.717, 1.165) is 81.9 Å². The molecule has 0 aliphatic carbocycles. The van der Waals surface area contributed by atoms with Gasteiger partial charge in [-0.05, 0) is 121 Å². The Balaban J connectivity index is 0.986. The molecule has 2 atom stereocenters. The second-order valence-corrected chi connectivity index (χ2v) is 18.9. The molecule has 360 valence electrons. The van der Waals surface area contributed by atoms with E-state index in [-0.39, 0.29) is 48.8 Å². The van der Waals surface area contributed by atoms with Crippen LogP contribution in [-0.2, 0) is 46.7 Å². The Morgan fingerprint density at radius 1 is 0.739 bits per heavy atom. The number of carbonyl (C=O) groups is 3. The number of nitrogens with zero attached hydrogens (tertiary/aromatic N) is 4. The molecule has 4 heterocycles. The van der Waals surface area contributed by atoms with Crippen molar-refractivity contribution in [2.75, 3.05) is 61.3 Å². The Morgan fingerprint density at radius 2 is 1.42 bits per heavy atom. The van der Waals surface area contributed by atoms with Gasteiger partial charge >= 0.3 is 0 Å². The molecule has 69 heavy (non-hydrogen) atoms. The topological polar surface area (TPSA) is 119 Å². The molecule has 0 saturated heterocycles. The van der Waals surface area contributed by atoms with Crippen molar-refractivity contribution < 1.29 is 38.1 Å². The highest BCUT2D eigenvalue weighted by Crippen LogP contribution is 2.42. The van der Waals surface area contributed by atoms with Crippen molar-refractivity contribution in [2.24, 2.45) is 10.9 Å². The number of hydrogen-bond donors (Lipinski definition) is 0. The van der Waals surface area contributed by atoms with E-state index in [4.69, 9.17) is 28.7 Å². The van der Waals surface area contributed by atoms with Crippen LogP contribution in [0.15, 0.2) is 96.0 Å². The normalized spacial score (nSPS) is 16.6. The standard InChI is InChI=1S/C57H64N4O8/c1-6-21-66-23-24-67-22-20-59(19-11-16-52(62)37(2)3)45-27-39(35-68-53-31-41-17-18-44-29-42-12-7-9-14-50(42)60(44)56(63)47(41)25-38(53)4)26-40(28-45)36-69-55-33-49-48(32-54(55)65-5)57(64)61-46(34-58-49)30-43-13-8-10-15-51(43)61/h7-10,12-15,25-28,31-34,37,44,46H,6,11,16-24,29-30,35-36H2,1-5H3. The molecule has 5 aromatic rings. The minimum Gasteiger partial charge on any atom is -0.493 e. The minimum absolute atomic E-state index is 0.0276. The number of Topliss-reactive ketones (excluding diaryl/α,β-unsaturated/α-hetero) is 1.